The average Bonchev–Trinajstić information content (AvgIpc) is 3.07. The van der Waals surface area contributed by atoms with Crippen LogP contribution in [0.25, 0.3) is 11.3 Å². The van der Waals surface area contributed by atoms with Gasteiger partial charge in [-0.3, -0.25) is 10.1 Å². The fraction of sp³-hybridized carbons (Fsp3) is 0. The average molecular weight is 375 g/mol. The van der Waals surface area contributed by atoms with E-state index in [1.807, 2.05) is 0 Å². The molecule has 7 heteroatoms. The number of nitrogens with one attached hydrogen (secondary N) is 2. The second kappa shape index (κ2) is 7.42. The van der Waals surface area contributed by atoms with Crippen molar-refractivity contribution in [2.45, 2.75) is 0 Å². The van der Waals surface area contributed by atoms with E-state index in [1.54, 1.807) is 54.6 Å². The Morgan fingerprint density at radius 2 is 1.52 bits per heavy atom. The van der Waals surface area contributed by atoms with Gasteiger partial charge in [-0.25, -0.2) is 4.79 Å². The third-order valence-electron chi connectivity index (χ3n) is 3.32. The number of benzene rings is 2. The first kappa shape index (κ1) is 17.1. The maximum atomic E-state index is 12.1. The van der Waals surface area contributed by atoms with Gasteiger partial charge >= 0.3 is 6.03 Å². The number of anilines is 1. The summed E-state index contributed by atoms with van der Waals surface area (Å²) in [5.41, 5.74) is 1.05. The van der Waals surface area contributed by atoms with Gasteiger partial charge in [-0.15, -0.1) is 0 Å². The van der Waals surface area contributed by atoms with E-state index in [0.29, 0.717) is 27.1 Å². The minimum Gasteiger partial charge on any atom is -0.451 e. The van der Waals surface area contributed by atoms with Crippen LogP contribution in [0.15, 0.2) is 65.1 Å². The third-order valence-corrected chi connectivity index (χ3v) is 3.98. The Labute approximate surface area is 153 Å². The number of para-hydroxylation sites is 1. The van der Waals surface area contributed by atoms with E-state index in [-0.39, 0.29) is 5.76 Å². The molecule has 0 radical (unpaired) electrons. The second-order valence-corrected chi connectivity index (χ2v) is 5.85. The molecule has 0 spiro atoms. The molecular formula is C18H12Cl2N2O3. The molecule has 3 aromatic rings. The van der Waals surface area contributed by atoms with E-state index < -0.39 is 11.9 Å². The van der Waals surface area contributed by atoms with Crippen molar-refractivity contribution in [1.82, 2.24) is 5.32 Å². The Morgan fingerprint density at radius 3 is 2.24 bits per heavy atom. The number of furan rings is 1. The smallest absolute Gasteiger partial charge is 0.326 e. The van der Waals surface area contributed by atoms with E-state index in [9.17, 15) is 9.59 Å². The van der Waals surface area contributed by atoms with Gasteiger partial charge in [-0.2, -0.15) is 0 Å². The van der Waals surface area contributed by atoms with Crippen molar-refractivity contribution >= 4 is 40.8 Å². The van der Waals surface area contributed by atoms with Crippen LogP contribution >= 0.6 is 23.2 Å². The molecule has 0 unspecified atom stereocenters. The summed E-state index contributed by atoms with van der Waals surface area (Å²) in [6, 6.07) is 16.1. The van der Waals surface area contributed by atoms with Crippen molar-refractivity contribution in [3.05, 3.63) is 76.5 Å². The molecule has 3 amide bonds. The SMILES string of the molecule is O=C(NC(=O)c1ccc(-c2ccccc2Cl)o1)Nc1ccccc1Cl. The summed E-state index contributed by atoms with van der Waals surface area (Å²) < 4.78 is 5.48. The maximum Gasteiger partial charge on any atom is 0.326 e. The highest BCUT2D eigenvalue weighted by Crippen LogP contribution is 2.29. The molecule has 0 atom stereocenters. The molecule has 0 aliphatic carbocycles. The number of imide groups is 1. The molecule has 5 nitrogen and oxygen atoms in total. The number of urea groups is 1. The number of halogens is 2. The number of carbonyl (C=O) groups is 2. The minimum absolute atomic E-state index is 0.00997. The zero-order valence-corrected chi connectivity index (χ0v) is 14.3. The van der Waals surface area contributed by atoms with Crippen LogP contribution in [-0.4, -0.2) is 11.9 Å². The fourth-order valence-corrected chi connectivity index (χ4v) is 2.56. The third kappa shape index (κ3) is 4.02. The quantitative estimate of drug-likeness (QED) is 0.660. The van der Waals surface area contributed by atoms with Crippen LogP contribution in [0.5, 0.6) is 0 Å². The van der Waals surface area contributed by atoms with Crippen molar-refractivity contribution in [3.63, 3.8) is 0 Å². The summed E-state index contributed by atoms with van der Waals surface area (Å²) in [5, 5.41) is 5.53. The lowest BCUT2D eigenvalue weighted by Gasteiger charge is -2.07. The Hall–Kier alpha value is -2.76. The van der Waals surface area contributed by atoms with Gasteiger partial charge in [0.2, 0.25) is 0 Å². The monoisotopic (exact) mass is 374 g/mol. The van der Waals surface area contributed by atoms with E-state index >= 15 is 0 Å². The van der Waals surface area contributed by atoms with Gasteiger partial charge in [0.15, 0.2) is 5.76 Å². The predicted molar refractivity (Wildman–Crippen MR) is 97.1 cm³/mol. The molecular weight excluding hydrogens is 363 g/mol. The summed E-state index contributed by atoms with van der Waals surface area (Å²) in [4.78, 5) is 24.0. The predicted octanol–water partition coefficient (Wildman–Crippen LogP) is 5.22. The first-order valence-electron chi connectivity index (χ1n) is 7.26. The van der Waals surface area contributed by atoms with Gasteiger partial charge in [0.05, 0.1) is 15.7 Å². The first-order valence-corrected chi connectivity index (χ1v) is 8.02. The number of hydrogen-bond donors (Lipinski definition) is 2. The van der Waals surface area contributed by atoms with Gasteiger partial charge in [-0.1, -0.05) is 47.5 Å². The zero-order chi connectivity index (χ0) is 17.8. The number of hydrogen-bond acceptors (Lipinski definition) is 3. The normalized spacial score (nSPS) is 10.3. The van der Waals surface area contributed by atoms with Gasteiger partial charge in [0, 0.05) is 5.56 Å². The largest absolute Gasteiger partial charge is 0.451 e. The molecule has 3 rings (SSSR count). The van der Waals surface area contributed by atoms with Gasteiger partial charge in [0.1, 0.15) is 5.76 Å². The maximum absolute atomic E-state index is 12.1. The van der Waals surface area contributed by atoms with Crippen molar-refractivity contribution in [2.75, 3.05) is 5.32 Å². The minimum atomic E-state index is -0.714. The molecule has 1 heterocycles. The molecule has 0 aliphatic heterocycles. The summed E-state index contributed by atoms with van der Waals surface area (Å²) in [5.74, 6) is -0.255. The van der Waals surface area contributed by atoms with Crippen LogP contribution in [0.4, 0.5) is 10.5 Å². The van der Waals surface area contributed by atoms with E-state index in [4.69, 9.17) is 27.6 Å². The van der Waals surface area contributed by atoms with Crippen LogP contribution in [-0.2, 0) is 0 Å². The Morgan fingerprint density at radius 1 is 0.840 bits per heavy atom. The highest BCUT2D eigenvalue weighted by Gasteiger charge is 2.16. The van der Waals surface area contributed by atoms with Crippen LogP contribution in [0.1, 0.15) is 10.6 Å². The molecule has 0 saturated carbocycles. The molecule has 1 aromatic heterocycles. The van der Waals surface area contributed by atoms with Gasteiger partial charge < -0.3 is 9.73 Å². The molecule has 0 saturated heterocycles. The lowest BCUT2D eigenvalue weighted by atomic mass is 10.2. The van der Waals surface area contributed by atoms with E-state index in [2.05, 4.69) is 10.6 Å². The number of rotatable bonds is 3. The number of carbonyl (C=O) groups excluding carboxylic acids is 2. The first-order chi connectivity index (χ1) is 12.0. The lowest BCUT2D eigenvalue weighted by Crippen LogP contribution is -2.34. The van der Waals surface area contributed by atoms with Crippen molar-refractivity contribution in [3.8, 4) is 11.3 Å². The van der Waals surface area contributed by atoms with E-state index in [1.165, 1.54) is 6.07 Å². The Balaban J connectivity index is 1.69. The zero-order valence-electron chi connectivity index (χ0n) is 12.8. The summed E-state index contributed by atoms with van der Waals surface area (Å²) >= 11 is 12.0. The highest BCUT2D eigenvalue weighted by atomic mass is 35.5. The summed E-state index contributed by atoms with van der Waals surface area (Å²) in [6.07, 6.45) is 0. The lowest BCUT2D eigenvalue weighted by molar-refractivity contribution is 0.0940. The Bertz CT molecular complexity index is 937. The van der Waals surface area contributed by atoms with Crippen LogP contribution in [0.3, 0.4) is 0 Å². The van der Waals surface area contributed by atoms with Crippen LogP contribution in [0.2, 0.25) is 10.0 Å². The van der Waals surface area contributed by atoms with Gasteiger partial charge in [0.25, 0.3) is 5.91 Å². The molecule has 0 aliphatic rings. The topological polar surface area (TPSA) is 71.3 Å². The summed E-state index contributed by atoms with van der Waals surface area (Å²) in [6.45, 7) is 0. The molecule has 0 bridgehead atoms. The molecule has 2 N–H and O–H groups in total. The van der Waals surface area contributed by atoms with E-state index in [0.717, 1.165) is 0 Å². The fourth-order valence-electron chi connectivity index (χ4n) is 2.15. The van der Waals surface area contributed by atoms with Crippen molar-refractivity contribution < 1.29 is 14.0 Å². The van der Waals surface area contributed by atoms with Crippen molar-refractivity contribution in [1.29, 1.82) is 0 Å². The molecule has 126 valence electrons. The van der Waals surface area contributed by atoms with Crippen molar-refractivity contribution in [2.24, 2.45) is 0 Å². The van der Waals surface area contributed by atoms with Crippen LogP contribution < -0.4 is 10.6 Å². The molecule has 0 fully saturated rings. The second-order valence-electron chi connectivity index (χ2n) is 5.03. The molecule has 2 aromatic carbocycles. The van der Waals surface area contributed by atoms with Gasteiger partial charge in [-0.05, 0) is 36.4 Å². The summed E-state index contributed by atoms with van der Waals surface area (Å²) in [7, 11) is 0. The van der Waals surface area contributed by atoms with Crippen LogP contribution in [0, 0.1) is 0 Å². The highest BCUT2D eigenvalue weighted by molar-refractivity contribution is 6.34. The standard InChI is InChI=1S/C18H12Cl2N2O3/c19-12-6-2-1-5-11(12)15-9-10-16(25-15)17(23)22-18(24)21-14-8-4-3-7-13(14)20/h1-10H,(H2,21,22,23,24). The Kier molecular flexibility index (Phi) is 5.07. The molecule has 25 heavy (non-hydrogen) atoms. The number of amides is 3.